The molecule has 0 spiro atoms. The lowest BCUT2D eigenvalue weighted by Crippen LogP contribution is -2.30. The van der Waals surface area contributed by atoms with E-state index in [-0.39, 0.29) is 25.7 Å². The van der Waals surface area contributed by atoms with E-state index in [9.17, 15) is 43.2 Å². The summed E-state index contributed by atoms with van der Waals surface area (Å²) < 4.78 is 68.0. The molecule has 5 atom stereocenters. The number of unbranched alkanes of at least 4 members (excludes halogenated alkanes) is 40. The van der Waals surface area contributed by atoms with E-state index in [1.807, 2.05) is 0 Å². The number of hydrogen-bond acceptors (Lipinski definition) is 15. The number of phosphoric ester groups is 2. The highest BCUT2D eigenvalue weighted by Crippen LogP contribution is 2.45. The van der Waals surface area contributed by atoms with Gasteiger partial charge in [-0.1, -0.05) is 298 Å². The fourth-order valence-corrected chi connectivity index (χ4v) is 11.9. The number of carbonyl (C=O) groups excluding carboxylic acids is 4. The zero-order valence-corrected chi connectivity index (χ0v) is 57.9. The van der Waals surface area contributed by atoms with Gasteiger partial charge in [-0.2, -0.15) is 0 Å². The van der Waals surface area contributed by atoms with E-state index in [1.54, 1.807) is 0 Å². The zero-order valence-electron chi connectivity index (χ0n) is 56.2. The topological polar surface area (TPSA) is 237 Å². The molecule has 0 aliphatic carbocycles. The van der Waals surface area contributed by atoms with Crippen molar-refractivity contribution in [1.29, 1.82) is 0 Å². The monoisotopic (exact) mass is 1280 g/mol. The van der Waals surface area contributed by atoms with Crippen LogP contribution in [-0.2, 0) is 65.4 Å². The average Bonchev–Trinajstić information content (AvgIpc) is 3.54. The first kappa shape index (κ1) is 85.1. The summed E-state index contributed by atoms with van der Waals surface area (Å²) in [4.78, 5) is 72.2. The number of esters is 4. The Morgan fingerprint density at radius 2 is 0.529 bits per heavy atom. The summed E-state index contributed by atoms with van der Waals surface area (Å²) in [5.74, 6) is -1.35. The standard InChI is InChI=1S/C68H132O17P2/c1-6-9-12-15-17-19-21-24-29-33-37-42-47-52-66(71)79-58-64(85-68(73)54-49-44-39-35-31-27-23-26-28-32-36-41-45-50-61(4)5)60-83-87(76,77)81-56-62(69)55-80-86(74,75)82-59-63(57-78-65(70)51-46-40-14-11-8-3)84-67(72)53-48-43-38-34-30-25-22-20-18-16-13-10-7-2/h61-64,69H,6-60H2,1-5H3,(H,74,75)(H,76,77)/t62-,63+,64+/m0/s1. The van der Waals surface area contributed by atoms with Gasteiger partial charge in [-0.3, -0.25) is 37.3 Å². The van der Waals surface area contributed by atoms with Crippen LogP contribution in [0, 0.1) is 5.92 Å². The maximum atomic E-state index is 13.0. The van der Waals surface area contributed by atoms with E-state index in [0.29, 0.717) is 25.7 Å². The number of ether oxygens (including phenoxy) is 4. The number of rotatable bonds is 68. The number of carbonyl (C=O) groups is 4. The van der Waals surface area contributed by atoms with Crippen molar-refractivity contribution in [1.82, 2.24) is 0 Å². The number of aliphatic hydroxyl groups is 1. The predicted octanol–water partition coefficient (Wildman–Crippen LogP) is 19.4. The van der Waals surface area contributed by atoms with Crippen LogP contribution in [0.1, 0.15) is 349 Å². The van der Waals surface area contributed by atoms with Gasteiger partial charge in [0.2, 0.25) is 0 Å². The third-order valence-corrected chi connectivity index (χ3v) is 17.7. The molecule has 516 valence electrons. The fraction of sp³-hybridized carbons (Fsp3) is 0.941. The molecule has 0 radical (unpaired) electrons. The Morgan fingerprint density at radius 1 is 0.310 bits per heavy atom. The van der Waals surface area contributed by atoms with Gasteiger partial charge in [-0.25, -0.2) is 9.13 Å². The van der Waals surface area contributed by atoms with Gasteiger partial charge in [-0.15, -0.1) is 0 Å². The van der Waals surface area contributed by atoms with Gasteiger partial charge in [0.15, 0.2) is 12.2 Å². The molecule has 0 saturated heterocycles. The quantitative estimate of drug-likeness (QED) is 0.0222. The number of hydrogen-bond donors (Lipinski definition) is 3. The smallest absolute Gasteiger partial charge is 0.462 e. The maximum Gasteiger partial charge on any atom is 0.472 e. The molecule has 0 bridgehead atoms. The van der Waals surface area contributed by atoms with Gasteiger partial charge in [0.05, 0.1) is 26.4 Å². The zero-order chi connectivity index (χ0) is 64.2. The summed E-state index contributed by atoms with van der Waals surface area (Å²) in [7, 11) is -9.89. The molecule has 0 fully saturated rings. The van der Waals surface area contributed by atoms with E-state index in [2.05, 4.69) is 34.6 Å². The molecule has 0 amide bonds. The van der Waals surface area contributed by atoms with Gasteiger partial charge in [0.25, 0.3) is 0 Å². The summed E-state index contributed by atoms with van der Waals surface area (Å²) >= 11 is 0. The van der Waals surface area contributed by atoms with Crippen molar-refractivity contribution in [2.24, 2.45) is 5.92 Å². The molecule has 3 N–H and O–H groups in total. The Morgan fingerprint density at radius 3 is 0.782 bits per heavy atom. The summed E-state index contributed by atoms with van der Waals surface area (Å²) in [6, 6.07) is 0. The van der Waals surface area contributed by atoms with Gasteiger partial charge >= 0.3 is 39.5 Å². The highest BCUT2D eigenvalue weighted by molar-refractivity contribution is 7.47. The third-order valence-electron chi connectivity index (χ3n) is 15.8. The van der Waals surface area contributed by atoms with Gasteiger partial charge in [0, 0.05) is 25.7 Å². The molecule has 0 rings (SSSR count). The Kier molecular flexibility index (Phi) is 60.2. The van der Waals surface area contributed by atoms with Crippen molar-refractivity contribution in [2.45, 2.75) is 368 Å². The molecule has 0 aromatic heterocycles. The molecule has 87 heavy (non-hydrogen) atoms. The molecule has 0 heterocycles. The molecule has 19 heteroatoms. The second kappa shape index (κ2) is 61.6. The van der Waals surface area contributed by atoms with Crippen LogP contribution in [0.25, 0.3) is 0 Å². The van der Waals surface area contributed by atoms with Crippen molar-refractivity contribution in [3.05, 3.63) is 0 Å². The molecule has 0 saturated carbocycles. The first-order chi connectivity index (χ1) is 42.0. The lowest BCUT2D eigenvalue weighted by molar-refractivity contribution is -0.161. The minimum absolute atomic E-state index is 0.107. The summed E-state index contributed by atoms with van der Waals surface area (Å²) in [6.45, 7) is 7.17. The van der Waals surface area contributed by atoms with Gasteiger partial charge in [-0.05, 0) is 31.6 Å². The SMILES string of the molecule is CCCCCCCCCCCCCCCC(=O)OC[C@H](COP(=O)(O)OC[C@@H](O)COP(=O)(O)OC[C@@H](COC(=O)CCCCCCC)OC(=O)CCCCCCCCCCCCCCC)OC(=O)CCCCCCCCCCCCCCCC(C)C. The molecule has 0 aliphatic rings. The van der Waals surface area contributed by atoms with Crippen LogP contribution < -0.4 is 0 Å². The molecule has 2 unspecified atom stereocenters. The minimum Gasteiger partial charge on any atom is -0.462 e. The molecule has 0 aromatic carbocycles. The van der Waals surface area contributed by atoms with E-state index < -0.39 is 97.5 Å². The molecular weight excluding hydrogens is 1150 g/mol. The van der Waals surface area contributed by atoms with Crippen molar-refractivity contribution in [3.63, 3.8) is 0 Å². The minimum atomic E-state index is -4.95. The van der Waals surface area contributed by atoms with Crippen LogP contribution in [-0.4, -0.2) is 96.7 Å². The molecular formula is C68H132O17P2. The second-order valence-electron chi connectivity index (χ2n) is 25.0. The molecule has 17 nitrogen and oxygen atoms in total. The van der Waals surface area contributed by atoms with Crippen molar-refractivity contribution < 1.29 is 80.2 Å². The van der Waals surface area contributed by atoms with Crippen molar-refractivity contribution in [3.8, 4) is 0 Å². The first-order valence-electron chi connectivity index (χ1n) is 35.6. The fourth-order valence-electron chi connectivity index (χ4n) is 10.3. The molecule has 0 aromatic rings. The van der Waals surface area contributed by atoms with Crippen LogP contribution in [0.2, 0.25) is 0 Å². The highest BCUT2D eigenvalue weighted by atomic mass is 31.2. The van der Waals surface area contributed by atoms with E-state index in [0.717, 1.165) is 102 Å². The van der Waals surface area contributed by atoms with Crippen molar-refractivity contribution in [2.75, 3.05) is 39.6 Å². The predicted molar refractivity (Wildman–Crippen MR) is 349 cm³/mol. The highest BCUT2D eigenvalue weighted by Gasteiger charge is 2.30. The Hall–Kier alpha value is -1.94. The van der Waals surface area contributed by atoms with E-state index in [4.69, 9.17) is 37.0 Å². The van der Waals surface area contributed by atoms with Crippen LogP contribution in [0.15, 0.2) is 0 Å². The second-order valence-corrected chi connectivity index (χ2v) is 27.9. The Balaban J connectivity index is 5.16. The number of aliphatic hydroxyl groups excluding tert-OH is 1. The maximum absolute atomic E-state index is 13.0. The Labute approximate surface area is 530 Å². The lowest BCUT2D eigenvalue weighted by Gasteiger charge is -2.21. The van der Waals surface area contributed by atoms with Crippen LogP contribution in [0.3, 0.4) is 0 Å². The van der Waals surface area contributed by atoms with Crippen molar-refractivity contribution >= 4 is 39.5 Å². The Bertz CT molecular complexity index is 1690. The van der Waals surface area contributed by atoms with Crippen LogP contribution >= 0.6 is 15.6 Å². The van der Waals surface area contributed by atoms with Crippen LogP contribution in [0.4, 0.5) is 0 Å². The largest absolute Gasteiger partial charge is 0.472 e. The summed E-state index contributed by atoms with van der Waals surface area (Å²) in [6.07, 6.45) is 47.4. The van der Waals surface area contributed by atoms with Gasteiger partial charge < -0.3 is 33.8 Å². The third kappa shape index (κ3) is 62.6. The lowest BCUT2D eigenvalue weighted by atomic mass is 10.0. The van der Waals surface area contributed by atoms with Crippen LogP contribution in [0.5, 0.6) is 0 Å². The first-order valence-corrected chi connectivity index (χ1v) is 38.6. The van der Waals surface area contributed by atoms with E-state index in [1.165, 1.54) is 167 Å². The summed E-state index contributed by atoms with van der Waals surface area (Å²) in [5, 5.41) is 10.5. The molecule has 0 aliphatic heterocycles. The normalized spacial score (nSPS) is 14.1. The average molecular weight is 1280 g/mol. The number of phosphoric acid groups is 2. The van der Waals surface area contributed by atoms with E-state index >= 15 is 0 Å². The summed E-state index contributed by atoms with van der Waals surface area (Å²) in [5.41, 5.74) is 0. The van der Waals surface area contributed by atoms with Gasteiger partial charge in [0.1, 0.15) is 19.3 Å².